The minimum Gasteiger partial charge on any atom is -0.462 e. The lowest BCUT2D eigenvalue weighted by molar-refractivity contribution is -0.138. The van der Waals surface area contributed by atoms with Gasteiger partial charge in [-0.15, -0.1) is 11.3 Å². The number of nitrogens with zero attached hydrogens (tertiary/aromatic N) is 2. The van der Waals surface area contributed by atoms with Gasteiger partial charge in [-0.25, -0.2) is 9.78 Å². The van der Waals surface area contributed by atoms with Gasteiger partial charge < -0.3 is 9.64 Å². The van der Waals surface area contributed by atoms with Gasteiger partial charge in [0.2, 0.25) is 5.78 Å². The van der Waals surface area contributed by atoms with Gasteiger partial charge in [-0.1, -0.05) is 30.3 Å². The molecule has 0 aliphatic carbocycles. The van der Waals surface area contributed by atoms with Crippen molar-refractivity contribution in [2.75, 3.05) is 20.7 Å². The molecule has 0 saturated carbocycles. The van der Waals surface area contributed by atoms with E-state index in [1.165, 1.54) is 17.5 Å². The predicted octanol–water partition coefficient (Wildman–Crippen LogP) is 3.00. The first-order valence-corrected chi connectivity index (χ1v) is 8.02. The van der Waals surface area contributed by atoms with Crippen LogP contribution in [0.25, 0.3) is 11.3 Å². The summed E-state index contributed by atoms with van der Waals surface area (Å²) in [5.74, 6) is -1.06. The third-order valence-electron chi connectivity index (χ3n) is 2.90. The molecule has 0 atom stereocenters. The molecule has 6 heteroatoms. The first-order valence-electron chi connectivity index (χ1n) is 7.14. The summed E-state index contributed by atoms with van der Waals surface area (Å²) >= 11 is 1.22. The highest BCUT2D eigenvalue weighted by Crippen LogP contribution is 2.23. The number of Topliss-reactive ketones (excluding diaryl/α,β-unsaturated/α-hetero) is 1. The SMILES string of the molecule is CCOC(=O)C(=CN(C)C)C(=O)c1nc(-c2ccccc2)cs1. The topological polar surface area (TPSA) is 59.5 Å². The monoisotopic (exact) mass is 330 g/mol. The Morgan fingerprint density at radius 1 is 1.26 bits per heavy atom. The van der Waals surface area contributed by atoms with E-state index in [9.17, 15) is 9.59 Å². The van der Waals surface area contributed by atoms with E-state index in [4.69, 9.17) is 4.74 Å². The fourth-order valence-electron chi connectivity index (χ4n) is 1.91. The van der Waals surface area contributed by atoms with Crippen LogP contribution in [0.4, 0.5) is 0 Å². The van der Waals surface area contributed by atoms with Crippen LogP contribution >= 0.6 is 11.3 Å². The van der Waals surface area contributed by atoms with Crippen molar-refractivity contribution < 1.29 is 14.3 Å². The Bertz CT molecular complexity index is 720. The molecule has 0 saturated heterocycles. The normalized spacial score (nSPS) is 11.2. The lowest BCUT2D eigenvalue weighted by Gasteiger charge is -2.09. The van der Waals surface area contributed by atoms with Gasteiger partial charge >= 0.3 is 5.97 Å². The number of carbonyl (C=O) groups is 2. The summed E-state index contributed by atoms with van der Waals surface area (Å²) in [4.78, 5) is 30.6. The quantitative estimate of drug-likeness (QED) is 0.268. The van der Waals surface area contributed by atoms with Crippen LogP contribution in [0.5, 0.6) is 0 Å². The molecule has 0 amide bonds. The molecular formula is C17H18N2O3S. The molecule has 0 fully saturated rings. The van der Waals surface area contributed by atoms with Crippen molar-refractivity contribution >= 4 is 23.1 Å². The largest absolute Gasteiger partial charge is 0.462 e. The number of benzene rings is 1. The molecule has 0 aliphatic rings. The second-order valence-corrected chi connectivity index (χ2v) is 5.82. The van der Waals surface area contributed by atoms with E-state index in [0.717, 1.165) is 5.56 Å². The summed E-state index contributed by atoms with van der Waals surface area (Å²) in [5, 5.41) is 2.08. The molecule has 2 aromatic rings. The number of carbonyl (C=O) groups excluding carboxylic acids is 2. The lowest BCUT2D eigenvalue weighted by atomic mass is 10.1. The summed E-state index contributed by atoms with van der Waals surface area (Å²) in [6.45, 7) is 1.91. The summed E-state index contributed by atoms with van der Waals surface area (Å²) in [6.07, 6.45) is 1.46. The van der Waals surface area contributed by atoms with Crippen LogP contribution in [0.15, 0.2) is 47.5 Å². The maximum atomic E-state index is 12.6. The van der Waals surface area contributed by atoms with Crippen LogP contribution in [-0.4, -0.2) is 42.3 Å². The lowest BCUT2D eigenvalue weighted by Crippen LogP contribution is -2.19. The van der Waals surface area contributed by atoms with Crippen molar-refractivity contribution in [1.82, 2.24) is 9.88 Å². The van der Waals surface area contributed by atoms with E-state index in [2.05, 4.69) is 4.98 Å². The summed E-state index contributed by atoms with van der Waals surface area (Å²) < 4.78 is 4.96. The Hall–Kier alpha value is -2.47. The van der Waals surface area contributed by atoms with Crippen molar-refractivity contribution in [2.45, 2.75) is 6.92 Å². The van der Waals surface area contributed by atoms with Crippen LogP contribution in [0.2, 0.25) is 0 Å². The minimum absolute atomic E-state index is 0.0224. The fourth-order valence-corrected chi connectivity index (χ4v) is 2.69. The molecule has 0 spiro atoms. The standard InChI is InChI=1S/C17H18N2O3S/c1-4-22-17(21)13(10-19(2)3)15(20)16-18-14(11-23-16)12-8-6-5-7-9-12/h5-11H,4H2,1-3H3. The van der Waals surface area contributed by atoms with Gasteiger partial charge in [0, 0.05) is 31.2 Å². The molecule has 2 rings (SSSR count). The van der Waals surface area contributed by atoms with Crippen molar-refractivity contribution in [2.24, 2.45) is 0 Å². The van der Waals surface area contributed by atoms with Gasteiger partial charge in [0.1, 0.15) is 5.57 Å². The Morgan fingerprint density at radius 3 is 2.57 bits per heavy atom. The van der Waals surface area contributed by atoms with Gasteiger partial charge in [0.25, 0.3) is 0 Å². The van der Waals surface area contributed by atoms with E-state index >= 15 is 0 Å². The highest BCUT2D eigenvalue weighted by molar-refractivity contribution is 7.12. The highest BCUT2D eigenvalue weighted by Gasteiger charge is 2.24. The minimum atomic E-state index is -0.636. The van der Waals surface area contributed by atoms with E-state index in [1.54, 1.807) is 31.3 Å². The average molecular weight is 330 g/mol. The number of thiazole rings is 1. The summed E-state index contributed by atoms with van der Waals surface area (Å²) in [5.41, 5.74) is 1.62. The maximum Gasteiger partial charge on any atom is 0.343 e. The molecule has 0 bridgehead atoms. The first kappa shape index (κ1) is 16.9. The zero-order valence-electron chi connectivity index (χ0n) is 13.3. The molecule has 0 unspecified atom stereocenters. The smallest absolute Gasteiger partial charge is 0.343 e. The Balaban J connectivity index is 2.31. The van der Waals surface area contributed by atoms with E-state index < -0.39 is 11.8 Å². The summed E-state index contributed by atoms with van der Waals surface area (Å²) in [7, 11) is 3.48. The van der Waals surface area contributed by atoms with Gasteiger partial charge in [-0.3, -0.25) is 4.79 Å². The summed E-state index contributed by atoms with van der Waals surface area (Å²) in [6, 6.07) is 9.58. The van der Waals surface area contributed by atoms with Gasteiger partial charge in [0.05, 0.1) is 12.3 Å². The number of hydrogen-bond donors (Lipinski definition) is 0. The van der Waals surface area contributed by atoms with E-state index in [1.807, 2.05) is 30.3 Å². The molecule has 23 heavy (non-hydrogen) atoms. The van der Waals surface area contributed by atoms with Gasteiger partial charge in [-0.2, -0.15) is 0 Å². The predicted molar refractivity (Wildman–Crippen MR) is 90.3 cm³/mol. The number of esters is 1. The van der Waals surface area contributed by atoms with Crippen LogP contribution in [0.3, 0.4) is 0 Å². The maximum absolute atomic E-state index is 12.6. The molecule has 120 valence electrons. The van der Waals surface area contributed by atoms with Crippen LogP contribution in [-0.2, 0) is 9.53 Å². The van der Waals surface area contributed by atoms with Crippen LogP contribution < -0.4 is 0 Å². The highest BCUT2D eigenvalue weighted by atomic mass is 32.1. The third kappa shape index (κ3) is 4.26. The van der Waals surface area contributed by atoms with Crippen molar-refractivity contribution in [3.8, 4) is 11.3 Å². The molecule has 5 nitrogen and oxygen atoms in total. The average Bonchev–Trinajstić information content (AvgIpc) is 3.03. The Morgan fingerprint density at radius 2 is 1.96 bits per heavy atom. The molecule has 0 aliphatic heterocycles. The molecule has 0 N–H and O–H groups in total. The van der Waals surface area contributed by atoms with E-state index in [0.29, 0.717) is 5.69 Å². The van der Waals surface area contributed by atoms with E-state index in [-0.39, 0.29) is 17.2 Å². The Labute approximate surface area is 139 Å². The molecule has 1 aromatic carbocycles. The number of ketones is 1. The second kappa shape index (κ2) is 7.69. The van der Waals surface area contributed by atoms with Crippen molar-refractivity contribution in [3.63, 3.8) is 0 Å². The van der Waals surface area contributed by atoms with Gasteiger partial charge in [-0.05, 0) is 6.92 Å². The van der Waals surface area contributed by atoms with Gasteiger partial charge in [0.15, 0.2) is 5.01 Å². The fraction of sp³-hybridized carbons (Fsp3) is 0.235. The molecule has 0 radical (unpaired) electrons. The molecule has 1 heterocycles. The van der Waals surface area contributed by atoms with Crippen LogP contribution in [0.1, 0.15) is 16.7 Å². The second-order valence-electron chi connectivity index (χ2n) is 4.96. The number of aromatic nitrogens is 1. The molecular weight excluding hydrogens is 312 g/mol. The number of ether oxygens (including phenoxy) is 1. The van der Waals surface area contributed by atoms with Crippen molar-refractivity contribution in [3.05, 3.63) is 52.5 Å². The zero-order chi connectivity index (χ0) is 16.8. The number of rotatable bonds is 6. The van der Waals surface area contributed by atoms with Crippen LogP contribution in [0, 0.1) is 0 Å². The molecule has 1 aromatic heterocycles. The first-order chi connectivity index (χ1) is 11.0. The number of hydrogen-bond acceptors (Lipinski definition) is 6. The zero-order valence-corrected chi connectivity index (χ0v) is 14.1. The van der Waals surface area contributed by atoms with Crippen molar-refractivity contribution in [1.29, 1.82) is 0 Å². The Kier molecular flexibility index (Phi) is 5.65. The third-order valence-corrected chi connectivity index (χ3v) is 3.74.